The van der Waals surface area contributed by atoms with E-state index in [4.69, 9.17) is 10.5 Å². The summed E-state index contributed by atoms with van der Waals surface area (Å²) in [5.41, 5.74) is 8.42. The molecule has 0 aliphatic heterocycles. The van der Waals surface area contributed by atoms with E-state index < -0.39 is 47.9 Å². The molecule has 2 atom stereocenters. The number of carbonyl (C=O) groups excluding carboxylic acids is 4. The number of anilines is 1. The fraction of sp³-hybridized carbons (Fsp3) is 0.407. The van der Waals surface area contributed by atoms with E-state index in [0.717, 1.165) is 16.7 Å². The Hall–Kier alpha value is -3.88. The molecule has 0 aliphatic rings. The number of amides is 4. The summed E-state index contributed by atoms with van der Waals surface area (Å²) in [4.78, 5) is 52.6. The third-order valence-corrected chi connectivity index (χ3v) is 5.72. The molecule has 0 radical (unpaired) electrons. The van der Waals surface area contributed by atoms with Crippen molar-refractivity contribution < 1.29 is 23.9 Å². The Morgan fingerprint density at radius 2 is 1.58 bits per heavy atom. The van der Waals surface area contributed by atoms with Crippen LogP contribution in [0.25, 0.3) is 0 Å². The third kappa shape index (κ3) is 7.56. The number of nitrogens with one attached hydrogen (secondary N) is 2. The highest BCUT2D eigenvalue weighted by Gasteiger charge is 2.35. The number of primary amides is 1. The van der Waals surface area contributed by atoms with Crippen LogP contribution in [0.5, 0.6) is 0 Å². The summed E-state index contributed by atoms with van der Waals surface area (Å²) < 4.78 is 5.25. The van der Waals surface area contributed by atoms with Crippen LogP contribution in [0, 0.1) is 20.8 Å². The van der Waals surface area contributed by atoms with E-state index in [9.17, 15) is 19.2 Å². The minimum atomic E-state index is -1.32. The molecule has 2 rings (SSSR count). The molecule has 0 bridgehead atoms. The van der Waals surface area contributed by atoms with Gasteiger partial charge >= 0.3 is 6.09 Å². The fourth-order valence-corrected chi connectivity index (χ4v) is 3.73. The van der Waals surface area contributed by atoms with Crippen molar-refractivity contribution in [1.29, 1.82) is 0 Å². The average Bonchev–Trinajstić information content (AvgIpc) is 2.75. The van der Waals surface area contributed by atoms with E-state index in [-0.39, 0.29) is 0 Å². The number of nitrogens with two attached hydrogens (primary N) is 1. The average molecular weight is 497 g/mol. The molecule has 4 N–H and O–H groups in total. The maximum atomic E-state index is 13.6. The first-order chi connectivity index (χ1) is 16.7. The van der Waals surface area contributed by atoms with Crippen molar-refractivity contribution in [3.63, 3.8) is 0 Å². The molecule has 2 aromatic carbocycles. The van der Waals surface area contributed by atoms with Crippen molar-refractivity contribution in [2.75, 3.05) is 12.4 Å². The summed E-state index contributed by atoms with van der Waals surface area (Å²) in [7, 11) is 1.46. The van der Waals surface area contributed by atoms with Gasteiger partial charge in [0.15, 0.2) is 0 Å². The second kappa shape index (κ2) is 11.7. The van der Waals surface area contributed by atoms with Gasteiger partial charge in [0, 0.05) is 12.7 Å². The van der Waals surface area contributed by atoms with E-state index in [1.54, 1.807) is 39.0 Å². The zero-order valence-electron chi connectivity index (χ0n) is 22.0. The lowest BCUT2D eigenvalue weighted by molar-refractivity contribution is -0.140. The first kappa shape index (κ1) is 28.4. The molecule has 9 heteroatoms. The zero-order valence-corrected chi connectivity index (χ0v) is 22.0. The Morgan fingerprint density at radius 1 is 0.972 bits per heavy atom. The second-order valence-corrected chi connectivity index (χ2v) is 9.81. The van der Waals surface area contributed by atoms with Crippen LogP contribution in [-0.2, 0) is 19.1 Å². The first-order valence-corrected chi connectivity index (χ1v) is 11.7. The van der Waals surface area contributed by atoms with Gasteiger partial charge in [0.2, 0.25) is 11.8 Å². The van der Waals surface area contributed by atoms with Gasteiger partial charge in [0.05, 0.1) is 6.42 Å². The molecule has 194 valence electrons. The third-order valence-electron chi connectivity index (χ3n) is 5.72. The van der Waals surface area contributed by atoms with Gasteiger partial charge in [0.25, 0.3) is 5.91 Å². The minimum absolute atomic E-state index is 0.441. The zero-order chi connectivity index (χ0) is 27.2. The van der Waals surface area contributed by atoms with Crippen LogP contribution in [0.4, 0.5) is 10.5 Å². The molecule has 36 heavy (non-hydrogen) atoms. The number of carbonyl (C=O) groups is 4. The minimum Gasteiger partial charge on any atom is -0.444 e. The normalized spacial score (nSPS) is 12.8. The van der Waals surface area contributed by atoms with Crippen LogP contribution in [0.15, 0.2) is 42.5 Å². The number of hydrogen-bond donors (Lipinski definition) is 3. The Kier molecular flexibility index (Phi) is 9.22. The highest BCUT2D eigenvalue weighted by molar-refractivity contribution is 6.00. The van der Waals surface area contributed by atoms with Gasteiger partial charge in [-0.05, 0) is 69.9 Å². The number of alkyl carbamates (subject to hydrolysis) is 1. The molecule has 4 amide bonds. The molecular formula is C27H36N4O5. The van der Waals surface area contributed by atoms with Gasteiger partial charge in [-0.2, -0.15) is 0 Å². The molecule has 0 saturated heterocycles. The number of hydrogen-bond acceptors (Lipinski definition) is 5. The van der Waals surface area contributed by atoms with Crippen LogP contribution in [0.2, 0.25) is 0 Å². The monoisotopic (exact) mass is 496 g/mol. The number of para-hydroxylation sites is 1. The van der Waals surface area contributed by atoms with Gasteiger partial charge in [-0.1, -0.05) is 36.4 Å². The van der Waals surface area contributed by atoms with Gasteiger partial charge in [-0.3, -0.25) is 14.4 Å². The Labute approximate surface area is 212 Å². The molecule has 0 saturated carbocycles. The van der Waals surface area contributed by atoms with Crippen LogP contribution in [0.1, 0.15) is 55.5 Å². The summed E-state index contributed by atoms with van der Waals surface area (Å²) in [6.07, 6.45) is -1.33. The lowest BCUT2D eigenvalue weighted by Crippen LogP contribution is -2.52. The van der Waals surface area contributed by atoms with E-state index in [1.165, 1.54) is 11.9 Å². The fourth-order valence-electron chi connectivity index (χ4n) is 3.73. The molecule has 2 aromatic rings. The SMILES string of the molecule is Cc1ccccc1NC(=O)C(c1cccc(C)c1C)N(C)C(=O)C(CC(N)=O)NC(=O)OC(C)(C)C. The highest BCUT2D eigenvalue weighted by Crippen LogP contribution is 2.28. The number of benzene rings is 2. The smallest absolute Gasteiger partial charge is 0.408 e. The summed E-state index contributed by atoms with van der Waals surface area (Å²) in [6.45, 7) is 10.7. The van der Waals surface area contributed by atoms with Gasteiger partial charge in [-0.25, -0.2) is 4.79 Å². The number of ether oxygens (including phenoxy) is 1. The lowest BCUT2D eigenvalue weighted by Gasteiger charge is -2.32. The van der Waals surface area contributed by atoms with Crippen molar-refractivity contribution in [3.05, 3.63) is 64.7 Å². The van der Waals surface area contributed by atoms with Crippen LogP contribution in [-0.4, -0.2) is 47.4 Å². The molecule has 0 spiro atoms. The predicted molar refractivity (Wildman–Crippen MR) is 138 cm³/mol. The molecule has 0 fully saturated rings. The molecule has 0 aliphatic carbocycles. The molecule has 0 aromatic heterocycles. The number of likely N-dealkylation sites (N-methyl/N-ethyl adjacent to an activating group) is 1. The van der Waals surface area contributed by atoms with Gasteiger partial charge in [0.1, 0.15) is 17.7 Å². The quantitative estimate of drug-likeness (QED) is 0.515. The summed E-state index contributed by atoms with van der Waals surface area (Å²) in [6, 6.07) is 10.4. The van der Waals surface area contributed by atoms with E-state index in [1.807, 2.05) is 45.0 Å². The van der Waals surface area contributed by atoms with Gasteiger partial charge < -0.3 is 26.0 Å². The van der Waals surface area contributed by atoms with Crippen LogP contribution in [0.3, 0.4) is 0 Å². The van der Waals surface area contributed by atoms with E-state index in [0.29, 0.717) is 11.3 Å². The Balaban J connectivity index is 2.46. The van der Waals surface area contributed by atoms with Crippen molar-refractivity contribution in [2.45, 2.75) is 65.6 Å². The van der Waals surface area contributed by atoms with Crippen LogP contribution < -0.4 is 16.4 Å². The molecule has 2 unspecified atom stereocenters. The van der Waals surface area contributed by atoms with E-state index >= 15 is 0 Å². The first-order valence-electron chi connectivity index (χ1n) is 11.7. The largest absolute Gasteiger partial charge is 0.444 e. The number of nitrogens with zero attached hydrogens (tertiary/aromatic N) is 1. The van der Waals surface area contributed by atoms with Crippen molar-refractivity contribution in [1.82, 2.24) is 10.2 Å². The maximum absolute atomic E-state index is 13.6. The number of aryl methyl sites for hydroxylation is 2. The summed E-state index contributed by atoms with van der Waals surface area (Å²) in [5.74, 6) is -1.89. The highest BCUT2D eigenvalue weighted by atomic mass is 16.6. The molecule has 0 heterocycles. The molecule has 9 nitrogen and oxygen atoms in total. The van der Waals surface area contributed by atoms with Crippen molar-refractivity contribution in [2.24, 2.45) is 5.73 Å². The van der Waals surface area contributed by atoms with Gasteiger partial charge in [-0.15, -0.1) is 0 Å². The number of rotatable bonds is 8. The topological polar surface area (TPSA) is 131 Å². The maximum Gasteiger partial charge on any atom is 0.408 e. The Morgan fingerprint density at radius 3 is 2.17 bits per heavy atom. The predicted octanol–water partition coefficient (Wildman–Crippen LogP) is 3.52. The van der Waals surface area contributed by atoms with E-state index in [2.05, 4.69) is 10.6 Å². The second-order valence-electron chi connectivity index (χ2n) is 9.81. The molecular weight excluding hydrogens is 460 g/mol. The van der Waals surface area contributed by atoms with Crippen LogP contribution >= 0.6 is 0 Å². The van der Waals surface area contributed by atoms with Crippen molar-refractivity contribution >= 4 is 29.5 Å². The standard InChI is InChI=1S/C27H36N4O5/c1-16-12-10-13-19(18(16)3)23(24(33)29-20-14-9-8-11-17(20)2)31(7)25(34)21(15-22(28)32)30-26(35)36-27(4,5)6/h8-14,21,23H,15H2,1-7H3,(H2,28,32)(H,29,33)(H,30,35). The lowest BCUT2D eigenvalue weighted by atomic mass is 9.95. The Bertz CT molecular complexity index is 1140. The summed E-state index contributed by atoms with van der Waals surface area (Å²) >= 11 is 0. The summed E-state index contributed by atoms with van der Waals surface area (Å²) in [5, 5.41) is 5.34. The van der Waals surface area contributed by atoms with Crippen molar-refractivity contribution in [3.8, 4) is 0 Å².